The van der Waals surface area contributed by atoms with E-state index in [0.717, 1.165) is 81.2 Å². The fraction of sp³-hybridized carbons (Fsp3) is 0.524. The van der Waals surface area contributed by atoms with E-state index in [0.29, 0.717) is 6.42 Å². The Morgan fingerprint density at radius 3 is 2.72 bits per heavy atom. The standard InChI is InChI=1S/C21H28N4O3S/c1-27-19-4-2-3-17(13-19)14-20(26)24-5-7-25(8-6-24)21-22-18(16-29-21)15-23-9-11-28-12-10-23/h2-4,13,16H,5-12,14-15H2,1H3. The van der Waals surface area contributed by atoms with Gasteiger partial charge in [0, 0.05) is 51.2 Å². The van der Waals surface area contributed by atoms with Gasteiger partial charge in [-0.25, -0.2) is 4.98 Å². The summed E-state index contributed by atoms with van der Waals surface area (Å²) in [4.78, 5) is 24.1. The summed E-state index contributed by atoms with van der Waals surface area (Å²) < 4.78 is 10.7. The molecule has 0 atom stereocenters. The maximum Gasteiger partial charge on any atom is 0.227 e. The van der Waals surface area contributed by atoms with E-state index in [2.05, 4.69) is 15.2 Å². The van der Waals surface area contributed by atoms with Crippen molar-refractivity contribution in [2.24, 2.45) is 0 Å². The van der Waals surface area contributed by atoms with Crippen LogP contribution in [0.4, 0.5) is 5.13 Å². The fourth-order valence-electron chi connectivity index (χ4n) is 3.72. The van der Waals surface area contributed by atoms with Gasteiger partial charge in [0.2, 0.25) is 5.91 Å². The van der Waals surface area contributed by atoms with Gasteiger partial charge in [0.15, 0.2) is 5.13 Å². The van der Waals surface area contributed by atoms with Gasteiger partial charge in [-0.05, 0) is 17.7 Å². The molecule has 2 aliphatic rings. The van der Waals surface area contributed by atoms with E-state index in [4.69, 9.17) is 14.5 Å². The second-order valence-corrected chi connectivity index (χ2v) is 8.24. The quantitative estimate of drug-likeness (QED) is 0.717. The van der Waals surface area contributed by atoms with E-state index >= 15 is 0 Å². The van der Waals surface area contributed by atoms with Crippen LogP contribution in [0.2, 0.25) is 0 Å². The van der Waals surface area contributed by atoms with Crippen molar-refractivity contribution in [3.63, 3.8) is 0 Å². The highest BCUT2D eigenvalue weighted by Crippen LogP contribution is 2.23. The Morgan fingerprint density at radius 2 is 1.97 bits per heavy atom. The van der Waals surface area contributed by atoms with Crippen molar-refractivity contribution in [1.29, 1.82) is 0 Å². The number of carbonyl (C=O) groups excluding carboxylic acids is 1. The highest BCUT2D eigenvalue weighted by molar-refractivity contribution is 7.13. The van der Waals surface area contributed by atoms with Crippen molar-refractivity contribution in [1.82, 2.24) is 14.8 Å². The highest BCUT2D eigenvalue weighted by atomic mass is 32.1. The van der Waals surface area contributed by atoms with Crippen LogP contribution in [0.25, 0.3) is 0 Å². The second-order valence-electron chi connectivity index (χ2n) is 7.41. The molecule has 2 aliphatic heterocycles. The van der Waals surface area contributed by atoms with E-state index in [1.165, 1.54) is 0 Å². The molecule has 0 spiro atoms. The molecule has 0 unspecified atom stereocenters. The van der Waals surface area contributed by atoms with Crippen LogP contribution in [-0.4, -0.2) is 80.3 Å². The first-order valence-electron chi connectivity index (χ1n) is 10.1. The van der Waals surface area contributed by atoms with Crippen molar-refractivity contribution in [3.05, 3.63) is 40.9 Å². The molecule has 2 aromatic rings. The topological polar surface area (TPSA) is 58.1 Å². The largest absolute Gasteiger partial charge is 0.497 e. The lowest BCUT2D eigenvalue weighted by atomic mass is 10.1. The SMILES string of the molecule is COc1cccc(CC(=O)N2CCN(c3nc(CN4CCOCC4)cs3)CC2)c1. The number of carbonyl (C=O) groups is 1. The lowest BCUT2D eigenvalue weighted by molar-refractivity contribution is -0.130. The molecule has 0 aliphatic carbocycles. The van der Waals surface area contributed by atoms with Crippen LogP contribution >= 0.6 is 11.3 Å². The molecular formula is C21H28N4O3S. The van der Waals surface area contributed by atoms with E-state index in [9.17, 15) is 4.79 Å². The summed E-state index contributed by atoms with van der Waals surface area (Å²) in [6.07, 6.45) is 0.415. The lowest BCUT2D eigenvalue weighted by Crippen LogP contribution is -2.49. The molecule has 2 saturated heterocycles. The van der Waals surface area contributed by atoms with Gasteiger partial charge >= 0.3 is 0 Å². The summed E-state index contributed by atoms with van der Waals surface area (Å²) in [5.41, 5.74) is 2.12. The number of methoxy groups -OCH3 is 1. The Bertz CT molecular complexity index is 814. The molecule has 1 aromatic heterocycles. The number of ether oxygens (including phenoxy) is 2. The van der Waals surface area contributed by atoms with E-state index in [1.54, 1.807) is 18.4 Å². The summed E-state index contributed by atoms with van der Waals surface area (Å²) in [6.45, 7) is 7.58. The smallest absolute Gasteiger partial charge is 0.227 e. The average Bonchev–Trinajstić information content (AvgIpc) is 3.23. The number of hydrogen-bond donors (Lipinski definition) is 0. The molecular weight excluding hydrogens is 388 g/mol. The molecule has 156 valence electrons. The number of thiazole rings is 1. The molecule has 29 heavy (non-hydrogen) atoms. The molecule has 2 fully saturated rings. The summed E-state index contributed by atoms with van der Waals surface area (Å²) in [5.74, 6) is 0.960. The van der Waals surface area contributed by atoms with Crippen molar-refractivity contribution in [2.45, 2.75) is 13.0 Å². The molecule has 0 saturated carbocycles. The number of hydrogen-bond acceptors (Lipinski definition) is 7. The monoisotopic (exact) mass is 416 g/mol. The lowest BCUT2D eigenvalue weighted by Gasteiger charge is -2.34. The number of nitrogens with zero attached hydrogens (tertiary/aromatic N) is 4. The van der Waals surface area contributed by atoms with Gasteiger partial charge in [-0.3, -0.25) is 9.69 Å². The van der Waals surface area contributed by atoms with E-state index in [-0.39, 0.29) is 5.91 Å². The molecule has 0 radical (unpaired) electrons. The average molecular weight is 417 g/mol. The first-order chi connectivity index (χ1) is 14.2. The predicted octanol–water partition coefficient (Wildman–Crippen LogP) is 1.88. The Balaban J connectivity index is 1.27. The van der Waals surface area contributed by atoms with Crippen molar-refractivity contribution >= 4 is 22.4 Å². The van der Waals surface area contributed by atoms with E-state index in [1.807, 2.05) is 29.2 Å². The number of morpholine rings is 1. The van der Waals surface area contributed by atoms with Crippen LogP contribution in [0, 0.1) is 0 Å². The van der Waals surface area contributed by atoms with E-state index < -0.39 is 0 Å². The fourth-order valence-corrected chi connectivity index (χ4v) is 4.59. The molecule has 1 amide bonds. The first kappa shape index (κ1) is 20.1. The Labute approximate surface area is 175 Å². The molecule has 3 heterocycles. The normalized spacial score (nSPS) is 18.1. The van der Waals surface area contributed by atoms with Crippen molar-refractivity contribution in [3.8, 4) is 5.75 Å². The Hall–Kier alpha value is -2.16. The maximum atomic E-state index is 12.7. The van der Waals surface area contributed by atoms with Gasteiger partial charge in [-0.1, -0.05) is 12.1 Å². The summed E-state index contributed by atoms with van der Waals surface area (Å²) >= 11 is 1.70. The van der Waals surface area contributed by atoms with Crippen LogP contribution in [0.3, 0.4) is 0 Å². The van der Waals surface area contributed by atoms with Crippen LogP contribution in [-0.2, 0) is 22.5 Å². The number of aromatic nitrogens is 1. The zero-order valence-corrected chi connectivity index (χ0v) is 17.7. The molecule has 4 rings (SSSR count). The van der Waals surface area contributed by atoms with Crippen molar-refractivity contribution in [2.75, 3.05) is 64.5 Å². The number of benzene rings is 1. The number of anilines is 1. The van der Waals surface area contributed by atoms with Gasteiger partial charge in [0.25, 0.3) is 0 Å². The van der Waals surface area contributed by atoms with Gasteiger partial charge in [0.1, 0.15) is 5.75 Å². The number of amides is 1. The third kappa shape index (κ3) is 5.26. The Kier molecular flexibility index (Phi) is 6.63. The molecule has 0 bridgehead atoms. The Morgan fingerprint density at radius 1 is 1.17 bits per heavy atom. The first-order valence-corrected chi connectivity index (χ1v) is 11.0. The molecule has 0 N–H and O–H groups in total. The summed E-state index contributed by atoms with van der Waals surface area (Å²) in [6, 6.07) is 7.73. The minimum atomic E-state index is 0.171. The van der Waals surface area contributed by atoms with Crippen molar-refractivity contribution < 1.29 is 14.3 Å². The maximum absolute atomic E-state index is 12.7. The minimum Gasteiger partial charge on any atom is -0.497 e. The zero-order chi connectivity index (χ0) is 20.1. The molecule has 8 heteroatoms. The van der Waals surface area contributed by atoms with Gasteiger partial charge in [0.05, 0.1) is 32.4 Å². The number of piperazine rings is 1. The van der Waals surface area contributed by atoms with Crippen LogP contribution in [0.15, 0.2) is 29.6 Å². The van der Waals surface area contributed by atoms with Gasteiger partial charge in [-0.2, -0.15) is 0 Å². The van der Waals surface area contributed by atoms with Crippen LogP contribution in [0.5, 0.6) is 5.75 Å². The van der Waals surface area contributed by atoms with Crippen LogP contribution in [0.1, 0.15) is 11.3 Å². The number of rotatable bonds is 6. The van der Waals surface area contributed by atoms with Crippen LogP contribution < -0.4 is 9.64 Å². The van der Waals surface area contributed by atoms with Gasteiger partial charge in [-0.15, -0.1) is 11.3 Å². The molecule has 1 aromatic carbocycles. The second kappa shape index (κ2) is 9.56. The van der Waals surface area contributed by atoms with Gasteiger partial charge < -0.3 is 19.3 Å². The predicted molar refractivity (Wildman–Crippen MR) is 114 cm³/mol. The zero-order valence-electron chi connectivity index (χ0n) is 16.9. The summed E-state index contributed by atoms with van der Waals surface area (Å²) in [7, 11) is 1.64. The third-order valence-electron chi connectivity index (χ3n) is 5.42. The molecule has 7 nitrogen and oxygen atoms in total. The third-order valence-corrected chi connectivity index (χ3v) is 6.37. The highest BCUT2D eigenvalue weighted by Gasteiger charge is 2.23. The summed E-state index contributed by atoms with van der Waals surface area (Å²) in [5, 5.41) is 3.22. The minimum absolute atomic E-state index is 0.171.